The smallest absolute Gasteiger partial charge is 0.261 e. The van der Waals surface area contributed by atoms with Crippen LogP contribution in [0.25, 0.3) is 10.8 Å². The van der Waals surface area contributed by atoms with Crippen molar-refractivity contribution in [2.24, 2.45) is 0 Å². The highest BCUT2D eigenvalue weighted by molar-refractivity contribution is 5.84. The van der Waals surface area contributed by atoms with E-state index in [0.717, 1.165) is 22.1 Å². The molecule has 0 bridgehead atoms. The summed E-state index contributed by atoms with van der Waals surface area (Å²) in [7, 11) is 0. The zero-order valence-corrected chi connectivity index (χ0v) is 15.9. The maximum Gasteiger partial charge on any atom is 0.261 e. The van der Waals surface area contributed by atoms with Gasteiger partial charge < -0.3 is 14.8 Å². The highest BCUT2D eigenvalue weighted by Gasteiger charge is 2.17. The van der Waals surface area contributed by atoms with Gasteiger partial charge >= 0.3 is 0 Å². The number of hydrogen-bond donors (Lipinski definition) is 1. The van der Waals surface area contributed by atoms with Crippen molar-refractivity contribution in [3.63, 3.8) is 0 Å². The molecule has 0 fully saturated rings. The maximum absolute atomic E-state index is 12.4. The van der Waals surface area contributed by atoms with Crippen LogP contribution in [0.5, 0.6) is 11.5 Å². The fourth-order valence-corrected chi connectivity index (χ4v) is 2.83. The van der Waals surface area contributed by atoms with Crippen LogP contribution in [0.15, 0.2) is 66.7 Å². The average Bonchev–Trinajstić information content (AvgIpc) is 2.67. The number of aryl methyl sites for hydroxylation is 1. The van der Waals surface area contributed by atoms with Crippen molar-refractivity contribution < 1.29 is 14.3 Å². The molecule has 3 aromatic rings. The summed E-state index contributed by atoms with van der Waals surface area (Å²) in [6.07, 6.45) is -0.591. The Hall–Kier alpha value is -3.01. The van der Waals surface area contributed by atoms with Crippen molar-refractivity contribution in [1.82, 2.24) is 5.32 Å². The summed E-state index contributed by atoms with van der Waals surface area (Å²) < 4.78 is 11.6. The largest absolute Gasteiger partial charge is 0.491 e. The van der Waals surface area contributed by atoms with E-state index in [1.165, 1.54) is 0 Å². The molecular formula is C23H25NO3. The molecule has 0 aliphatic carbocycles. The van der Waals surface area contributed by atoms with Gasteiger partial charge in [-0.3, -0.25) is 4.79 Å². The Kier molecular flexibility index (Phi) is 5.97. The third-order valence-corrected chi connectivity index (χ3v) is 4.37. The molecule has 0 saturated heterocycles. The number of amides is 1. The topological polar surface area (TPSA) is 47.6 Å². The lowest BCUT2D eigenvalue weighted by molar-refractivity contribution is -0.128. The fraction of sp³-hybridized carbons (Fsp3) is 0.261. The van der Waals surface area contributed by atoms with Crippen molar-refractivity contribution in [2.45, 2.75) is 32.9 Å². The maximum atomic E-state index is 12.4. The van der Waals surface area contributed by atoms with Gasteiger partial charge in [-0.05, 0) is 55.3 Å². The minimum atomic E-state index is -0.591. The summed E-state index contributed by atoms with van der Waals surface area (Å²) in [6.45, 7) is 6.07. The molecule has 27 heavy (non-hydrogen) atoms. The van der Waals surface area contributed by atoms with Crippen LogP contribution in [0.3, 0.4) is 0 Å². The molecule has 1 N–H and O–H groups in total. The van der Waals surface area contributed by atoms with Gasteiger partial charge in [-0.25, -0.2) is 0 Å². The zero-order chi connectivity index (χ0) is 19.2. The highest BCUT2D eigenvalue weighted by atomic mass is 16.5. The number of ether oxygens (including phenoxy) is 2. The minimum absolute atomic E-state index is 0.125. The van der Waals surface area contributed by atoms with Crippen molar-refractivity contribution >= 4 is 16.7 Å². The summed E-state index contributed by atoms with van der Waals surface area (Å²) in [6, 6.07) is 21.6. The quantitative estimate of drug-likeness (QED) is 0.672. The monoisotopic (exact) mass is 363 g/mol. The summed E-state index contributed by atoms with van der Waals surface area (Å²) in [5.74, 6) is 1.35. The zero-order valence-electron chi connectivity index (χ0n) is 15.9. The number of benzene rings is 3. The van der Waals surface area contributed by atoms with E-state index in [4.69, 9.17) is 9.47 Å². The van der Waals surface area contributed by atoms with Crippen LogP contribution < -0.4 is 14.8 Å². The van der Waals surface area contributed by atoms with Crippen molar-refractivity contribution in [3.8, 4) is 11.5 Å². The van der Waals surface area contributed by atoms with E-state index >= 15 is 0 Å². The average molecular weight is 363 g/mol. The van der Waals surface area contributed by atoms with E-state index in [2.05, 4.69) is 5.32 Å². The van der Waals surface area contributed by atoms with Crippen LogP contribution in [-0.4, -0.2) is 24.7 Å². The lowest BCUT2D eigenvalue weighted by atomic mass is 10.1. The van der Waals surface area contributed by atoms with E-state index in [-0.39, 0.29) is 11.9 Å². The first-order chi connectivity index (χ1) is 13.0. The lowest BCUT2D eigenvalue weighted by Crippen LogP contribution is -2.43. The number of carbonyl (C=O) groups is 1. The van der Waals surface area contributed by atoms with Gasteiger partial charge in [-0.1, -0.05) is 48.5 Å². The Labute approximate surface area is 160 Å². The molecule has 2 atom stereocenters. The second-order valence-electron chi connectivity index (χ2n) is 6.76. The van der Waals surface area contributed by atoms with Crippen LogP contribution >= 0.6 is 0 Å². The first-order valence-corrected chi connectivity index (χ1v) is 9.17. The molecule has 3 rings (SSSR count). The SMILES string of the molecule is Cc1ccccc1OC[C@H](C)NC(=O)[C@@H](C)Oc1ccc2ccccc2c1. The normalized spacial score (nSPS) is 13.0. The molecule has 0 radical (unpaired) electrons. The van der Waals surface area contributed by atoms with Gasteiger partial charge in [0.05, 0.1) is 6.04 Å². The Morgan fingerprint density at radius 3 is 2.44 bits per heavy atom. The number of hydrogen-bond acceptors (Lipinski definition) is 3. The van der Waals surface area contributed by atoms with E-state index in [9.17, 15) is 4.79 Å². The highest BCUT2D eigenvalue weighted by Crippen LogP contribution is 2.21. The van der Waals surface area contributed by atoms with Crippen LogP contribution in [0.2, 0.25) is 0 Å². The Bertz CT molecular complexity index is 922. The minimum Gasteiger partial charge on any atom is -0.491 e. The Balaban J connectivity index is 1.52. The molecule has 4 nitrogen and oxygen atoms in total. The molecule has 0 aliphatic rings. The standard InChI is InChI=1S/C23H25NO3/c1-16-8-4-7-11-22(16)26-15-17(2)24-23(25)18(3)27-21-13-12-19-9-5-6-10-20(19)14-21/h4-14,17-18H,15H2,1-3H3,(H,24,25)/t17-,18+/m0/s1. The molecule has 0 aliphatic heterocycles. The van der Waals surface area contributed by atoms with Crippen LogP contribution in [-0.2, 0) is 4.79 Å². The van der Waals surface area contributed by atoms with Gasteiger partial charge in [0, 0.05) is 0 Å². The number of nitrogens with one attached hydrogen (secondary N) is 1. The fourth-order valence-electron chi connectivity index (χ4n) is 2.83. The van der Waals surface area contributed by atoms with Gasteiger partial charge in [0.15, 0.2) is 6.10 Å². The second kappa shape index (κ2) is 8.58. The summed E-state index contributed by atoms with van der Waals surface area (Å²) in [5, 5.41) is 5.17. The lowest BCUT2D eigenvalue weighted by Gasteiger charge is -2.19. The molecule has 0 unspecified atom stereocenters. The van der Waals surface area contributed by atoms with E-state index < -0.39 is 6.10 Å². The van der Waals surface area contributed by atoms with Gasteiger partial charge in [-0.2, -0.15) is 0 Å². The number of fused-ring (bicyclic) bond motifs is 1. The molecule has 0 heterocycles. The summed E-state index contributed by atoms with van der Waals surface area (Å²) >= 11 is 0. The molecule has 140 valence electrons. The Morgan fingerprint density at radius 2 is 1.67 bits per heavy atom. The Morgan fingerprint density at radius 1 is 0.963 bits per heavy atom. The van der Waals surface area contributed by atoms with Crippen LogP contribution in [0.4, 0.5) is 0 Å². The molecule has 0 aromatic heterocycles. The third kappa shape index (κ3) is 5.00. The van der Waals surface area contributed by atoms with Crippen molar-refractivity contribution in [2.75, 3.05) is 6.61 Å². The van der Waals surface area contributed by atoms with Gasteiger partial charge in [0.25, 0.3) is 5.91 Å². The number of carbonyl (C=O) groups excluding carboxylic acids is 1. The summed E-state index contributed by atoms with van der Waals surface area (Å²) in [4.78, 5) is 12.4. The number of rotatable bonds is 7. The molecular weight excluding hydrogens is 338 g/mol. The first kappa shape index (κ1) is 18.8. The third-order valence-electron chi connectivity index (χ3n) is 4.37. The van der Waals surface area contributed by atoms with Gasteiger partial charge in [0.1, 0.15) is 18.1 Å². The van der Waals surface area contributed by atoms with Gasteiger partial charge in [-0.15, -0.1) is 0 Å². The van der Waals surface area contributed by atoms with Crippen molar-refractivity contribution in [3.05, 3.63) is 72.3 Å². The molecule has 1 amide bonds. The molecule has 4 heteroatoms. The van der Waals surface area contributed by atoms with Gasteiger partial charge in [0.2, 0.25) is 0 Å². The number of para-hydroxylation sites is 1. The molecule has 0 saturated carbocycles. The van der Waals surface area contributed by atoms with E-state index in [0.29, 0.717) is 12.4 Å². The van der Waals surface area contributed by atoms with E-state index in [1.54, 1.807) is 6.92 Å². The predicted molar refractivity (Wildman–Crippen MR) is 108 cm³/mol. The first-order valence-electron chi connectivity index (χ1n) is 9.17. The predicted octanol–water partition coefficient (Wildman–Crippen LogP) is 4.50. The second-order valence-corrected chi connectivity index (χ2v) is 6.76. The summed E-state index contributed by atoms with van der Waals surface area (Å²) in [5.41, 5.74) is 1.07. The van der Waals surface area contributed by atoms with Crippen LogP contribution in [0.1, 0.15) is 19.4 Å². The van der Waals surface area contributed by atoms with Crippen LogP contribution in [0, 0.1) is 6.92 Å². The van der Waals surface area contributed by atoms with E-state index in [1.807, 2.05) is 80.6 Å². The molecule has 3 aromatic carbocycles. The molecule has 0 spiro atoms. The van der Waals surface area contributed by atoms with Crippen molar-refractivity contribution in [1.29, 1.82) is 0 Å².